The SMILES string of the molecule is CN1C(=O)[C@]2(C[C@@H]3[C@H](C=C(C=O)[C@@H](c4ccc(Br)cc4)[C@@H]3[N+](=O)[O-])[C@H]2c2ccc(Br)cc2)c2ccccc21. The van der Waals surface area contributed by atoms with E-state index in [2.05, 4.69) is 31.9 Å². The Balaban J connectivity index is 1.61. The van der Waals surface area contributed by atoms with Gasteiger partial charge in [0, 0.05) is 44.0 Å². The predicted molar refractivity (Wildman–Crippen MR) is 152 cm³/mol. The zero-order valence-electron chi connectivity index (χ0n) is 20.5. The molecule has 1 fully saturated rings. The number of carbonyl (C=O) groups excluding carboxylic acids is 2. The van der Waals surface area contributed by atoms with Crippen LogP contribution in [0.1, 0.15) is 34.9 Å². The number of halogens is 2. The first-order valence-corrected chi connectivity index (χ1v) is 14.1. The van der Waals surface area contributed by atoms with Gasteiger partial charge in [-0.2, -0.15) is 0 Å². The Morgan fingerprint density at radius 1 is 0.974 bits per heavy atom. The number of benzene rings is 3. The summed E-state index contributed by atoms with van der Waals surface area (Å²) in [5.74, 6) is -1.91. The van der Waals surface area contributed by atoms with E-state index in [-0.39, 0.29) is 22.7 Å². The van der Waals surface area contributed by atoms with Gasteiger partial charge in [-0.3, -0.25) is 19.7 Å². The molecule has 38 heavy (non-hydrogen) atoms. The van der Waals surface area contributed by atoms with E-state index in [4.69, 9.17) is 0 Å². The number of rotatable bonds is 4. The van der Waals surface area contributed by atoms with E-state index in [1.54, 1.807) is 11.9 Å². The third-order valence-electron chi connectivity index (χ3n) is 8.76. The van der Waals surface area contributed by atoms with Crippen LogP contribution in [0.3, 0.4) is 0 Å². The lowest BCUT2D eigenvalue weighted by Crippen LogP contribution is -2.42. The van der Waals surface area contributed by atoms with Crippen LogP contribution >= 0.6 is 31.9 Å². The summed E-state index contributed by atoms with van der Waals surface area (Å²) >= 11 is 6.94. The molecule has 1 aliphatic heterocycles. The van der Waals surface area contributed by atoms with Crippen molar-refractivity contribution in [2.24, 2.45) is 11.8 Å². The Morgan fingerprint density at radius 3 is 2.18 bits per heavy atom. The van der Waals surface area contributed by atoms with E-state index in [1.165, 1.54) is 0 Å². The van der Waals surface area contributed by atoms with E-state index in [1.807, 2.05) is 78.9 Å². The number of hydrogen-bond acceptors (Lipinski definition) is 4. The smallest absolute Gasteiger partial charge is 0.238 e. The van der Waals surface area contributed by atoms with Crippen molar-refractivity contribution in [3.8, 4) is 0 Å². The number of hydrogen-bond donors (Lipinski definition) is 0. The summed E-state index contributed by atoms with van der Waals surface area (Å²) in [4.78, 5) is 41.1. The number of aldehydes is 1. The largest absolute Gasteiger partial charge is 0.314 e. The number of nitro groups is 1. The van der Waals surface area contributed by atoms with E-state index >= 15 is 0 Å². The van der Waals surface area contributed by atoms with Gasteiger partial charge in [0.1, 0.15) is 6.29 Å². The Labute approximate surface area is 237 Å². The molecule has 2 aliphatic carbocycles. The Hall–Kier alpha value is -3.10. The van der Waals surface area contributed by atoms with Gasteiger partial charge in [0.2, 0.25) is 11.9 Å². The highest BCUT2D eigenvalue weighted by Crippen LogP contribution is 2.65. The molecule has 0 N–H and O–H groups in total. The van der Waals surface area contributed by atoms with Crippen molar-refractivity contribution < 1.29 is 14.5 Å². The first-order chi connectivity index (χ1) is 18.3. The Morgan fingerprint density at radius 2 is 1.58 bits per heavy atom. The van der Waals surface area contributed by atoms with Gasteiger partial charge in [-0.1, -0.05) is 80.4 Å². The lowest BCUT2D eigenvalue weighted by Gasteiger charge is -2.36. The van der Waals surface area contributed by atoms with Gasteiger partial charge < -0.3 is 4.90 Å². The molecule has 1 heterocycles. The van der Waals surface area contributed by atoms with Crippen molar-refractivity contribution in [3.63, 3.8) is 0 Å². The van der Waals surface area contributed by atoms with Crippen LogP contribution in [0.2, 0.25) is 0 Å². The van der Waals surface area contributed by atoms with Crippen LogP contribution in [0.15, 0.2) is 93.4 Å². The molecule has 1 amide bonds. The molecule has 0 radical (unpaired) electrons. The lowest BCUT2D eigenvalue weighted by atomic mass is 9.66. The third-order valence-corrected chi connectivity index (χ3v) is 9.82. The van der Waals surface area contributed by atoms with Crippen molar-refractivity contribution in [2.75, 3.05) is 11.9 Å². The maximum atomic E-state index is 14.2. The standard InChI is InChI=1S/C30H24Br2N2O4/c1-33-25-5-3-2-4-24(25)30(29(33)36)15-23-22(27(30)18-8-12-21(32)13-9-18)14-19(16-35)26(28(23)34(37)38)17-6-10-20(31)11-7-17/h2-14,16,22-23,26-28H,15H2,1H3/t22-,23+,26+,27+,28+,30+/m0/s1. The summed E-state index contributed by atoms with van der Waals surface area (Å²) in [7, 11) is 1.78. The molecule has 8 heteroatoms. The minimum atomic E-state index is -1.05. The highest BCUT2D eigenvalue weighted by atomic mass is 79.9. The molecule has 0 aromatic heterocycles. The molecule has 1 saturated carbocycles. The zero-order chi connectivity index (χ0) is 26.8. The number of amides is 1. The van der Waals surface area contributed by atoms with Crippen molar-refractivity contribution in [2.45, 2.75) is 29.7 Å². The fourth-order valence-electron chi connectivity index (χ4n) is 7.34. The minimum absolute atomic E-state index is 0.0515. The summed E-state index contributed by atoms with van der Waals surface area (Å²) in [5.41, 5.74) is 2.83. The second-order valence-corrected chi connectivity index (χ2v) is 12.2. The van der Waals surface area contributed by atoms with Crippen LogP contribution in [-0.2, 0) is 15.0 Å². The quantitative estimate of drug-likeness (QED) is 0.188. The summed E-state index contributed by atoms with van der Waals surface area (Å²) in [6, 6.07) is 21.9. The van der Waals surface area contributed by atoms with Gasteiger partial charge in [0.25, 0.3) is 0 Å². The van der Waals surface area contributed by atoms with Crippen LogP contribution in [0.5, 0.6) is 0 Å². The lowest BCUT2D eigenvalue weighted by molar-refractivity contribution is -0.537. The molecule has 6 atom stereocenters. The van der Waals surface area contributed by atoms with Crippen LogP contribution in [0.4, 0.5) is 5.69 Å². The van der Waals surface area contributed by atoms with Gasteiger partial charge in [0.05, 0.1) is 11.3 Å². The molecular formula is C30H24Br2N2O4. The number of para-hydroxylation sites is 1. The predicted octanol–water partition coefficient (Wildman–Crippen LogP) is 6.41. The van der Waals surface area contributed by atoms with E-state index in [9.17, 15) is 19.7 Å². The average Bonchev–Trinajstić information content (AvgIpc) is 3.36. The molecule has 0 unspecified atom stereocenters. The van der Waals surface area contributed by atoms with Gasteiger partial charge in [-0.15, -0.1) is 0 Å². The fourth-order valence-corrected chi connectivity index (χ4v) is 7.87. The van der Waals surface area contributed by atoms with Crippen LogP contribution in [0, 0.1) is 22.0 Å². The average molecular weight is 636 g/mol. The minimum Gasteiger partial charge on any atom is -0.314 e. The molecule has 1 spiro atoms. The summed E-state index contributed by atoms with van der Waals surface area (Å²) in [6.45, 7) is 0. The number of fused-ring (bicyclic) bond motifs is 3. The molecule has 3 aromatic carbocycles. The highest BCUT2D eigenvalue weighted by Gasteiger charge is 2.67. The molecule has 0 bridgehead atoms. The number of anilines is 1. The fraction of sp³-hybridized carbons (Fsp3) is 0.267. The van der Waals surface area contributed by atoms with Crippen molar-refractivity contribution in [3.05, 3.63) is 120 Å². The number of carbonyl (C=O) groups is 2. The Bertz CT molecular complexity index is 1490. The zero-order valence-corrected chi connectivity index (χ0v) is 23.6. The van der Waals surface area contributed by atoms with Crippen molar-refractivity contribution in [1.29, 1.82) is 0 Å². The molecule has 6 nitrogen and oxygen atoms in total. The van der Waals surface area contributed by atoms with Crippen LogP contribution in [0.25, 0.3) is 0 Å². The summed E-state index contributed by atoms with van der Waals surface area (Å²) in [6.07, 6.45) is 3.03. The van der Waals surface area contributed by atoms with Crippen molar-refractivity contribution in [1.82, 2.24) is 0 Å². The second-order valence-electron chi connectivity index (χ2n) is 10.4. The molecule has 192 valence electrons. The number of allylic oxidation sites excluding steroid dienone is 1. The third kappa shape index (κ3) is 3.57. The molecular weight excluding hydrogens is 612 g/mol. The molecule has 3 aliphatic rings. The van der Waals surface area contributed by atoms with Crippen LogP contribution < -0.4 is 4.90 Å². The maximum absolute atomic E-state index is 14.2. The van der Waals surface area contributed by atoms with E-state index in [0.717, 1.165) is 37.6 Å². The first-order valence-electron chi connectivity index (χ1n) is 12.5. The summed E-state index contributed by atoms with van der Waals surface area (Å²) in [5, 5.41) is 12.8. The molecule has 0 saturated heterocycles. The number of nitrogens with zero attached hydrogens (tertiary/aromatic N) is 2. The number of likely N-dealkylation sites (N-methyl/N-ethyl adjacent to an activating group) is 1. The summed E-state index contributed by atoms with van der Waals surface area (Å²) < 4.78 is 1.77. The Kier molecular flexibility index (Phi) is 6.15. The van der Waals surface area contributed by atoms with Gasteiger partial charge in [-0.05, 0) is 59.4 Å². The monoisotopic (exact) mass is 634 g/mol. The van der Waals surface area contributed by atoms with E-state index in [0.29, 0.717) is 12.0 Å². The van der Waals surface area contributed by atoms with Gasteiger partial charge in [0.15, 0.2) is 0 Å². The topological polar surface area (TPSA) is 80.5 Å². The van der Waals surface area contributed by atoms with E-state index < -0.39 is 23.3 Å². The van der Waals surface area contributed by atoms with Crippen LogP contribution in [-0.4, -0.2) is 30.2 Å². The van der Waals surface area contributed by atoms with Crippen molar-refractivity contribution >= 4 is 49.7 Å². The maximum Gasteiger partial charge on any atom is 0.238 e. The first kappa shape index (κ1) is 25.2. The van der Waals surface area contributed by atoms with Gasteiger partial charge >= 0.3 is 0 Å². The highest BCUT2D eigenvalue weighted by molar-refractivity contribution is 9.10. The second kappa shape index (κ2) is 9.27. The van der Waals surface area contributed by atoms with Gasteiger partial charge in [-0.25, -0.2) is 0 Å². The molecule has 6 rings (SSSR count). The molecule has 3 aromatic rings. The normalized spacial score (nSPS) is 29.7.